The van der Waals surface area contributed by atoms with Crippen molar-refractivity contribution in [2.45, 2.75) is 46.9 Å². The minimum atomic E-state index is -0.652. The number of aliphatic hydroxyl groups is 1. The van der Waals surface area contributed by atoms with Gasteiger partial charge >= 0.3 is 6.01 Å². The van der Waals surface area contributed by atoms with Crippen LogP contribution in [-0.4, -0.2) is 63.1 Å². The highest BCUT2D eigenvalue weighted by Gasteiger charge is 2.28. The van der Waals surface area contributed by atoms with Crippen LogP contribution in [0.4, 0.5) is 5.82 Å². The molecule has 0 saturated carbocycles. The fourth-order valence-electron chi connectivity index (χ4n) is 4.73. The summed E-state index contributed by atoms with van der Waals surface area (Å²) in [5.41, 5.74) is 5.64. The lowest BCUT2D eigenvalue weighted by Gasteiger charge is -2.22. The average Bonchev–Trinajstić information content (AvgIpc) is 3.51. The van der Waals surface area contributed by atoms with Crippen LogP contribution >= 0.6 is 11.6 Å². The molecule has 1 aromatic carbocycles. The van der Waals surface area contributed by atoms with E-state index in [1.54, 1.807) is 31.4 Å². The molecule has 4 aromatic rings. The first-order valence-electron chi connectivity index (χ1n) is 13.1. The van der Waals surface area contributed by atoms with Gasteiger partial charge in [0, 0.05) is 36.0 Å². The number of aliphatic hydroxyl groups excluding tert-OH is 1. The lowest BCUT2D eigenvalue weighted by molar-refractivity contribution is 0.108. The van der Waals surface area contributed by atoms with Crippen LogP contribution < -0.4 is 19.7 Å². The highest BCUT2D eigenvalue weighted by atomic mass is 35.5. The van der Waals surface area contributed by atoms with Gasteiger partial charge in [0.2, 0.25) is 0 Å². The molecular weight excluding hydrogens is 534 g/mol. The van der Waals surface area contributed by atoms with E-state index in [-0.39, 0.29) is 6.61 Å². The quantitative estimate of drug-likeness (QED) is 0.288. The number of likely N-dealkylation sites (N-methyl/N-ethyl adjacent to an activating group) is 1. The number of rotatable bonds is 10. The van der Waals surface area contributed by atoms with Crippen molar-refractivity contribution in [2.75, 3.05) is 31.7 Å². The number of halogens is 1. The maximum atomic E-state index is 10.1. The van der Waals surface area contributed by atoms with Crippen molar-refractivity contribution in [2.24, 2.45) is 0 Å². The lowest BCUT2D eigenvalue weighted by Crippen LogP contribution is -2.29. The second-order valence-electron chi connectivity index (χ2n) is 9.62. The minimum Gasteiger partial charge on any atom is -0.491 e. The van der Waals surface area contributed by atoms with Crippen LogP contribution in [0.5, 0.6) is 11.8 Å². The highest BCUT2D eigenvalue weighted by molar-refractivity contribution is 6.33. The highest BCUT2D eigenvalue weighted by Crippen LogP contribution is 2.39. The fraction of sp³-hybridized carbons (Fsp3) is 0.393. The number of hydrogen-bond donors (Lipinski definition) is 2. The number of fused-ring (bicyclic) bond motifs is 1. The predicted octanol–water partition coefficient (Wildman–Crippen LogP) is 4.05. The van der Waals surface area contributed by atoms with E-state index < -0.39 is 6.10 Å². The van der Waals surface area contributed by atoms with Crippen LogP contribution in [0.3, 0.4) is 0 Å². The van der Waals surface area contributed by atoms with Crippen molar-refractivity contribution in [1.29, 1.82) is 0 Å². The largest absolute Gasteiger partial charge is 0.491 e. The molecule has 1 aliphatic heterocycles. The molecule has 1 atom stereocenters. The van der Waals surface area contributed by atoms with Gasteiger partial charge < -0.3 is 29.3 Å². The summed E-state index contributed by atoms with van der Waals surface area (Å²) < 4.78 is 16.8. The summed E-state index contributed by atoms with van der Waals surface area (Å²) in [5.74, 6) is 2.38. The Morgan fingerprint density at radius 1 is 1.15 bits per heavy atom. The van der Waals surface area contributed by atoms with Crippen LogP contribution in [0.15, 0.2) is 28.9 Å². The van der Waals surface area contributed by atoms with Crippen LogP contribution in [0.1, 0.15) is 35.2 Å². The summed E-state index contributed by atoms with van der Waals surface area (Å²) in [4.78, 5) is 21.0. The van der Waals surface area contributed by atoms with E-state index in [2.05, 4.69) is 25.3 Å². The van der Waals surface area contributed by atoms with Gasteiger partial charge in [-0.05, 0) is 52.9 Å². The van der Waals surface area contributed by atoms with E-state index in [0.717, 1.165) is 33.9 Å². The smallest absolute Gasteiger partial charge is 0.316 e. The van der Waals surface area contributed by atoms with Gasteiger partial charge in [0.25, 0.3) is 0 Å². The van der Waals surface area contributed by atoms with E-state index in [1.165, 1.54) is 0 Å². The fourth-order valence-corrected chi connectivity index (χ4v) is 4.94. The Bertz CT molecular complexity index is 1510. The van der Waals surface area contributed by atoms with Crippen LogP contribution in [-0.2, 0) is 13.1 Å². The molecule has 11 nitrogen and oxygen atoms in total. The molecular formula is C28H32ClN7O4. The molecule has 2 N–H and O–H groups in total. The molecule has 0 unspecified atom stereocenters. The minimum absolute atomic E-state index is 0.128. The van der Waals surface area contributed by atoms with E-state index in [9.17, 15) is 5.11 Å². The molecule has 0 spiro atoms. The first-order chi connectivity index (χ1) is 19.3. The van der Waals surface area contributed by atoms with Gasteiger partial charge in [-0.2, -0.15) is 4.98 Å². The summed E-state index contributed by atoms with van der Waals surface area (Å²) in [6.07, 6.45) is 1.15. The van der Waals surface area contributed by atoms with Crippen molar-refractivity contribution >= 4 is 17.4 Å². The zero-order chi connectivity index (χ0) is 28.4. The summed E-state index contributed by atoms with van der Waals surface area (Å²) in [7, 11) is 1.77. The Morgan fingerprint density at radius 2 is 1.98 bits per heavy atom. The molecule has 1 aliphatic rings. The van der Waals surface area contributed by atoms with Gasteiger partial charge in [-0.25, -0.2) is 15.0 Å². The average molecular weight is 566 g/mol. The summed E-state index contributed by atoms with van der Waals surface area (Å²) in [5, 5.41) is 17.6. The Hall–Kier alpha value is -3.80. The van der Waals surface area contributed by atoms with Crippen molar-refractivity contribution in [3.8, 4) is 34.4 Å². The molecule has 210 valence electrons. The molecule has 0 amide bonds. The Balaban J connectivity index is 1.58. The predicted molar refractivity (Wildman–Crippen MR) is 151 cm³/mol. The summed E-state index contributed by atoms with van der Waals surface area (Å²) >= 11 is 6.68. The third-order valence-electron chi connectivity index (χ3n) is 6.66. The number of hydrogen-bond acceptors (Lipinski definition) is 11. The molecule has 0 radical (unpaired) electrons. The monoisotopic (exact) mass is 565 g/mol. The third-order valence-corrected chi connectivity index (χ3v) is 6.99. The molecule has 40 heavy (non-hydrogen) atoms. The number of aromatic nitrogens is 5. The first-order valence-corrected chi connectivity index (χ1v) is 13.5. The Morgan fingerprint density at radius 3 is 2.70 bits per heavy atom. The van der Waals surface area contributed by atoms with Crippen molar-refractivity contribution in [1.82, 2.24) is 30.4 Å². The topological polar surface area (TPSA) is 132 Å². The number of ether oxygens (including phenoxy) is 2. The third kappa shape index (κ3) is 5.58. The number of benzene rings is 1. The van der Waals surface area contributed by atoms with Crippen LogP contribution in [0.2, 0.25) is 5.02 Å². The van der Waals surface area contributed by atoms with Gasteiger partial charge in [-0.3, -0.25) is 0 Å². The molecule has 5 rings (SSSR count). The lowest BCUT2D eigenvalue weighted by atomic mass is 10.0. The van der Waals surface area contributed by atoms with Crippen molar-refractivity contribution < 1.29 is 19.1 Å². The van der Waals surface area contributed by atoms with Gasteiger partial charge in [0.1, 0.15) is 30.0 Å². The number of nitrogens with zero attached hydrogens (tertiary/aromatic N) is 6. The van der Waals surface area contributed by atoms with Gasteiger partial charge in [0.05, 0.1) is 40.8 Å². The van der Waals surface area contributed by atoms with Crippen LogP contribution in [0, 0.1) is 20.8 Å². The van der Waals surface area contributed by atoms with E-state index in [0.29, 0.717) is 65.9 Å². The summed E-state index contributed by atoms with van der Waals surface area (Å²) in [6.45, 7) is 9.81. The standard InChI is InChI=1S/C28H32ClN7O4/c1-6-38-28-31-10-18-12-36(13-23(18)32-28)27-15(2)25(24-16(3)35-40-17(24)4)33-26(34-27)21-9-20(7-8-22(21)29)39-14-19(37)11-30-5/h7-10,19,30,37H,6,11-14H2,1-5H3/t19-/m1/s1. The van der Waals surface area contributed by atoms with Crippen molar-refractivity contribution in [3.05, 3.63) is 57.7 Å². The molecule has 0 saturated heterocycles. The molecule has 0 fully saturated rings. The second kappa shape index (κ2) is 11.7. The van der Waals surface area contributed by atoms with Gasteiger partial charge in [-0.15, -0.1) is 0 Å². The second-order valence-corrected chi connectivity index (χ2v) is 10.0. The zero-order valence-corrected chi connectivity index (χ0v) is 23.9. The Kier molecular flexibility index (Phi) is 8.15. The number of aryl methyl sites for hydroxylation is 2. The first kappa shape index (κ1) is 27.8. The van der Waals surface area contributed by atoms with E-state index >= 15 is 0 Å². The molecule has 0 bridgehead atoms. The molecule has 4 heterocycles. The Labute approximate surface area is 237 Å². The number of nitrogens with one attached hydrogen (secondary N) is 1. The molecule has 0 aliphatic carbocycles. The van der Waals surface area contributed by atoms with Crippen LogP contribution in [0.25, 0.3) is 22.6 Å². The zero-order valence-electron chi connectivity index (χ0n) is 23.2. The normalized spacial score (nSPS) is 13.4. The van der Waals surface area contributed by atoms with Gasteiger partial charge in [0.15, 0.2) is 5.82 Å². The SMILES string of the molecule is CCOc1ncc2c(n1)CN(c1nc(-c3cc(OC[C@H](O)CNC)ccc3Cl)nc(-c3c(C)noc3C)c1C)C2. The summed E-state index contributed by atoms with van der Waals surface area (Å²) in [6, 6.07) is 5.65. The maximum Gasteiger partial charge on any atom is 0.316 e. The molecule has 12 heteroatoms. The maximum absolute atomic E-state index is 10.1. The molecule has 3 aromatic heterocycles. The van der Waals surface area contributed by atoms with E-state index in [1.807, 2.05) is 27.7 Å². The van der Waals surface area contributed by atoms with E-state index in [4.69, 9.17) is 35.6 Å². The van der Waals surface area contributed by atoms with Gasteiger partial charge in [-0.1, -0.05) is 16.8 Å². The van der Waals surface area contributed by atoms with Crippen molar-refractivity contribution in [3.63, 3.8) is 0 Å². The number of anilines is 1.